The highest BCUT2D eigenvalue weighted by Crippen LogP contribution is 2.32. The fourth-order valence-corrected chi connectivity index (χ4v) is 2.36. The van der Waals surface area contributed by atoms with E-state index in [-0.39, 0.29) is 11.9 Å². The Labute approximate surface area is 113 Å². The Morgan fingerprint density at radius 3 is 2.63 bits per heavy atom. The van der Waals surface area contributed by atoms with Crippen molar-refractivity contribution < 1.29 is 19.4 Å². The average Bonchev–Trinajstić information content (AvgIpc) is 2.41. The van der Waals surface area contributed by atoms with Gasteiger partial charge in [-0.15, -0.1) is 0 Å². The molecule has 0 bridgehead atoms. The van der Waals surface area contributed by atoms with Crippen LogP contribution in [0.25, 0.3) is 0 Å². The maximum atomic E-state index is 11.3. The van der Waals surface area contributed by atoms with E-state index in [4.69, 9.17) is 9.47 Å². The number of methoxy groups -OCH3 is 1. The minimum absolute atomic E-state index is 0.0115. The number of ether oxygens (including phenoxy) is 2. The molecule has 0 radical (unpaired) electrons. The Kier molecular flexibility index (Phi) is 4.43. The molecular formula is C15H20O4. The van der Waals surface area contributed by atoms with Crippen molar-refractivity contribution in [3.05, 3.63) is 23.8 Å². The minimum Gasteiger partial charge on any atom is -0.493 e. The normalized spacial score (nSPS) is 22.9. The van der Waals surface area contributed by atoms with E-state index >= 15 is 0 Å². The molecule has 1 aromatic rings. The lowest BCUT2D eigenvalue weighted by Gasteiger charge is -2.28. The molecule has 1 aromatic carbocycles. The summed E-state index contributed by atoms with van der Waals surface area (Å²) in [6.45, 7) is 1.51. The van der Waals surface area contributed by atoms with Gasteiger partial charge in [-0.3, -0.25) is 4.79 Å². The van der Waals surface area contributed by atoms with Crippen LogP contribution >= 0.6 is 0 Å². The fraction of sp³-hybridized carbons (Fsp3) is 0.533. The topological polar surface area (TPSA) is 55.8 Å². The second-order valence-corrected chi connectivity index (χ2v) is 4.93. The van der Waals surface area contributed by atoms with Crippen molar-refractivity contribution in [3.8, 4) is 11.5 Å². The van der Waals surface area contributed by atoms with Crippen molar-refractivity contribution in [3.63, 3.8) is 0 Å². The molecule has 1 aliphatic carbocycles. The molecular weight excluding hydrogens is 244 g/mol. The van der Waals surface area contributed by atoms with Gasteiger partial charge in [-0.2, -0.15) is 0 Å². The van der Waals surface area contributed by atoms with E-state index in [9.17, 15) is 9.90 Å². The van der Waals surface area contributed by atoms with Crippen LogP contribution in [0.1, 0.15) is 43.0 Å². The Bertz CT molecular complexity index is 455. The van der Waals surface area contributed by atoms with Crippen LogP contribution in [0.15, 0.2) is 18.2 Å². The predicted octanol–water partition coefficient (Wildman–Crippen LogP) is 2.58. The van der Waals surface area contributed by atoms with Crippen molar-refractivity contribution in [2.75, 3.05) is 7.11 Å². The summed E-state index contributed by atoms with van der Waals surface area (Å²) in [4.78, 5) is 11.3. The summed E-state index contributed by atoms with van der Waals surface area (Å²) in [6.07, 6.45) is 3.12. The van der Waals surface area contributed by atoms with Gasteiger partial charge in [0.15, 0.2) is 17.3 Å². The standard InChI is InChI=1S/C15H20O4/c1-10(16)11-7-8-14(15(9-11)18-2)19-13-6-4-3-5-12(13)17/h7-9,12-13,17H,3-6H2,1-2H3. The number of aliphatic hydroxyl groups excluding tert-OH is 1. The summed E-state index contributed by atoms with van der Waals surface area (Å²) >= 11 is 0. The highest BCUT2D eigenvalue weighted by Gasteiger charge is 2.25. The van der Waals surface area contributed by atoms with Gasteiger partial charge in [-0.1, -0.05) is 6.42 Å². The molecule has 1 aliphatic rings. The molecule has 4 nitrogen and oxygen atoms in total. The maximum absolute atomic E-state index is 11.3. The highest BCUT2D eigenvalue weighted by atomic mass is 16.5. The fourth-order valence-electron chi connectivity index (χ4n) is 2.36. The third kappa shape index (κ3) is 3.26. The number of carbonyl (C=O) groups is 1. The molecule has 0 amide bonds. The third-order valence-corrected chi connectivity index (χ3v) is 3.52. The van der Waals surface area contributed by atoms with E-state index in [0.29, 0.717) is 17.1 Å². The van der Waals surface area contributed by atoms with Gasteiger partial charge < -0.3 is 14.6 Å². The first-order valence-corrected chi connectivity index (χ1v) is 6.65. The third-order valence-electron chi connectivity index (χ3n) is 3.52. The van der Waals surface area contributed by atoms with Crippen LogP contribution in [-0.4, -0.2) is 30.2 Å². The van der Waals surface area contributed by atoms with Crippen LogP contribution in [0.4, 0.5) is 0 Å². The van der Waals surface area contributed by atoms with Gasteiger partial charge in [-0.25, -0.2) is 0 Å². The van der Waals surface area contributed by atoms with Crippen LogP contribution in [-0.2, 0) is 0 Å². The van der Waals surface area contributed by atoms with Crippen molar-refractivity contribution in [2.45, 2.75) is 44.8 Å². The zero-order valence-corrected chi connectivity index (χ0v) is 11.4. The molecule has 0 heterocycles. The zero-order chi connectivity index (χ0) is 13.8. The lowest BCUT2D eigenvalue weighted by Crippen LogP contribution is -2.34. The number of rotatable bonds is 4. The number of carbonyl (C=O) groups excluding carboxylic acids is 1. The molecule has 4 heteroatoms. The van der Waals surface area contributed by atoms with Gasteiger partial charge in [0.1, 0.15) is 6.10 Å². The highest BCUT2D eigenvalue weighted by molar-refractivity contribution is 5.94. The number of hydrogen-bond acceptors (Lipinski definition) is 4. The Hall–Kier alpha value is -1.55. The lowest BCUT2D eigenvalue weighted by molar-refractivity contribution is 0.00567. The monoisotopic (exact) mass is 264 g/mol. The van der Waals surface area contributed by atoms with E-state index < -0.39 is 6.10 Å². The average molecular weight is 264 g/mol. The number of aliphatic hydroxyl groups is 1. The first kappa shape index (κ1) is 13.9. The molecule has 2 unspecified atom stereocenters. The summed E-state index contributed by atoms with van der Waals surface area (Å²) < 4.78 is 11.1. The quantitative estimate of drug-likeness (QED) is 0.849. The molecule has 19 heavy (non-hydrogen) atoms. The van der Waals surface area contributed by atoms with Gasteiger partial charge in [0, 0.05) is 5.56 Å². The molecule has 2 rings (SSSR count). The van der Waals surface area contributed by atoms with Gasteiger partial charge in [0.25, 0.3) is 0 Å². The summed E-state index contributed by atoms with van der Waals surface area (Å²) in [5.74, 6) is 1.10. The van der Waals surface area contributed by atoms with Crippen LogP contribution in [0.3, 0.4) is 0 Å². The van der Waals surface area contributed by atoms with Crippen molar-refractivity contribution in [2.24, 2.45) is 0 Å². The summed E-state index contributed by atoms with van der Waals surface area (Å²) in [5.41, 5.74) is 0.591. The van der Waals surface area contributed by atoms with Crippen molar-refractivity contribution >= 4 is 5.78 Å². The number of benzene rings is 1. The maximum Gasteiger partial charge on any atom is 0.161 e. The van der Waals surface area contributed by atoms with Gasteiger partial charge in [0.2, 0.25) is 0 Å². The largest absolute Gasteiger partial charge is 0.493 e. The SMILES string of the molecule is COc1cc(C(C)=O)ccc1OC1CCCCC1O. The van der Waals surface area contributed by atoms with Gasteiger partial charge in [-0.05, 0) is 44.4 Å². The second-order valence-electron chi connectivity index (χ2n) is 4.93. The van der Waals surface area contributed by atoms with E-state index in [1.807, 2.05) is 0 Å². The lowest BCUT2D eigenvalue weighted by atomic mass is 9.95. The molecule has 1 N–H and O–H groups in total. The van der Waals surface area contributed by atoms with Crippen LogP contribution in [0, 0.1) is 0 Å². The predicted molar refractivity (Wildman–Crippen MR) is 71.9 cm³/mol. The van der Waals surface area contributed by atoms with Crippen LogP contribution in [0.2, 0.25) is 0 Å². The molecule has 2 atom stereocenters. The molecule has 104 valence electrons. The first-order valence-electron chi connectivity index (χ1n) is 6.65. The molecule has 0 aliphatic heterocycles. The number of ketones is 1. The van der Waals surface area contributed by atoms with Crippen LogP contribution in [0.5, 0.6) is 11.5 Å². The second kappa shape index (κ2) is 6.06. The molecule has 1 saturated carbocycles. The van der Waals surface area contributed by atoms with E-state index in [0.717, 1.165) is 25.7 Å². The van der Waals surface area contributed by atoms with E-state index in [1.165, 1.54) is 6.92 Å². The Balaban J connectivity index is 2.17. The smallest absolute Gasteiger partial charge is 0.161 e. The Morgan fingerprint density at radius 2 is 2.00 bits per heavy atom. The van der Waals surface area contributed by atoms with Crippen molar-refractivity contribution in [1.29, 1.82) is 0 Å². The van der Waals surface area contributed by atoms with Gasteiger partial charge >= 0.3 is 0 Å². The number of Topliss-reactive ketones (excluding diaryl/α,β-unsaturated/α-hetero) is 1. The summed E-state index contributed by atoms with van der Waals surface area (Å²) in [5, 5.41) is 9.92. The Morgan fingerprint density at radius 1 is 1.26 bits per heavy atom. The molecule has 0 aromatic heterocycles. The number of hydrogen-bond donors (Lipinski definition) is 1. The first-order chi connectivity index (χ1) is 9.11. The minimum atomic E-state index is -0.425. The molecule has 0 spiro atoms. The molecule has 1 fully saturated rings. The van der Waals surface area contributed by atoms with E-state index in [2.05, 4.69) is 0 Å². The molecule has 0 saturated heterocycles. The zero-order valence-electron chi connectivity index (χ0n) is 11.4. The van der Waals surface area contributed by atoms with Gasteiger partial charge in [0.05, 0.1) is 13.2 Å². The van der Waals surface area contributed by atoms with E-state index in [1.54, 1.807) is 25.3 Å². The summed E-state index contributed by atoms with van der Waals surface area (Å²) in [7, 11) is 1.55. The summed E-state index contributed by atoms with van der Waals surface area (Å²) in [6, 6.07) is 5.12. The van der Waals surface area contributed by atoms with Crippen LogP contribution < -0.4 is 9.47 Å². The van der Waals surface area contributed by atoms with Crippen molar-refractivity contribution in [1.82, 2.24) is 0 Å².